The lowest BCUT2D eigenvalue weighted by molar-refractivity contribution is -0.138. The summed E-state index contributed by atoms with van der Waals surface area (Å²) >= 11 is 1.67. The molecule has 1 fully saturated rings. The van der Waals surface area contributed by atoms with E-state index in [1.807, 2.05) is 29.2 Å². The minimum absolute atomic E-state index is 0.138. The third kappa shape index (κ3) is 3.45. The topological polar surface area (TPSA) is 68.5 Å². The number of hydrogen-bond donors (Lipinski definition) is 1. The monoisotopic (exact) mass is 317 g/mol. The number of amides is 1. The number of nitrogens with two attached hydrogens (primary N) is 1. The van der Waals surface area contributed by atoms with Gasteiger partial charge in [-0.3, -0.25) is 4.79 Å². The van der Waals surface area contributed by atoms with Gasteiger partial charge in [0, 0.05) is 16.3 Å². The zero-order valence-electron chi connectivity index (χ0n) is 12.5. The quantitative estimate of drug-likeness (QED) is 0.942. The number of rotatable bonds is 3. The van der Waals surface area contributed by atoms with Crippen LogP contribution in [0.5, 0.6) is 0 Å². The largest absolute Gasteiger partial charge is 0.384 e. The number of anilines is 1. The predicted molar refractivity (Wildman–Crippen MR) is 86.7 cm³/mol. The summed E-state index contributed by atoms with van der Waals surface area (Å²) in [5.74, 6) is 0.609. The van der Waals surface area contributed by atoms with E-state index < -0.39 is 0 Å². The molecule has 1 amide bonds. The number of aromatic nitrogens is 1. The first-order valence-corrected chi connectivity index (χ1v) is 8.10. The molecule has 3 heterocycles. The number of hydrogen-bond acceptors (Lipinski definition) is 5. The molecule has 1 saturated heterocycles. The van der Waals surface area contributed by atoms with Crippen molar-refractivity contribution in [3.8, 4) is 0 Å². The Kier molecular flexibility index (Phi) is 4.40. The number of carbonyl (C=O) groups is 1. The van der Waals surface area contributed by atoms with Crippen molar-refractivity contribution in [2.45, 2.75) is 19.4 Å². The summed E-state index contributed by atoms with van der Waals surface area (Å²) in [5.41, 5.74) is 6.50. The van der Waals surface area contributed by atoms with Gasteiger partial charge in [0.2, 0.25) is 5.91 Å². The Balaban J connectivity index is 1.66. The summed E-state index contributed by atoms with van der Waals surface area (Å²) in [7, 11) is 0. The summed E-state index contributed by atoms with van der Waals surface area (Å²) in [6, 6.07) is 9.56. The smallest absolute Gasteiger partial charge is 0.228 e. The maximum Gasteiger partial charge on any atom is 0.228 e. The molecular weight excluding hydrogens is 298 g/mol. The SMILES string of the molecule is Cc1ccc(CC(=O)N2CCO[C@H](c3cccc(N)n3)C2)s1. The zero-order valence-corrected chi connectivity index (χ0v) is 13.3. The Hall–Kier alpha value is -1.92. The van der Waals surface area contributed by atoms with E-state index in [2.05, 4.69) is 11.9 Å². The van der Waals surface area contributed by atoms with Crippen molar-refractivity contribution >= 4 is 23.1 Å². The fourth-order valence-corrected chi connectivity index (χ4v) is 3.43. The van der Waals surface area contributed by atoms with Gasteiger partial charge in [-0.25, -0.2) is 4.98 Å². The van der Waals surface area contributed by atoms with Crippen LogP contribution in [0.15, 0.2) is 30.3 Å². The molecule has 2 aromatic heterocycles. The van der Waals surface area contributed by atoms with Crippen molar-refractivity contribution in [2.75, 3.05) is 25.4 Å². The highest BCUT2D eigenvalue weighted by molar-refractivity contribution is 7.12. The number of pyridine rings is 1. The van der Waals surface area contributed by atoms with Crippen molar-refractivity contribution < 1.29 is 9.53 Å². The van der Waals surface area contributed by atoms with Crippen LogP contribution >= 0.6 is 11.3 Å². The molecule has 116 valence electrons. The standard InChI is InChI=1S/C16H19N3O2S/c1-11-5-6-12(22-11)9-16(20)19-7-8-21-14(10-19)13-3-2-4-15(17)18-13/h2-6,14H,7-10H2,1H3,(H2,17,18)/t14-/m0/s1. The first kappa shape index (κ1) is 15.0. The zero-order chi connectivity index (χ0) is 15.5. The summed E-state index contributed by atoms with van der Waals surface area (Å²) in [4.78, 5) is 20.9. The van der Waals surface area contributed by atoms with Crippen LogP contribution in [0.2, 0.25) is 0 Å². The van der Waals surface area contributed by atoms with Crippen molar-refractivity contribution in [1.82, 2.24) is 9.88 Å². The Morgan fingerprint density at radius 1 is 1.45 bits per heavy atom. The third-order valence-corrected chi connectivity index (χ3v) is 4.66. The minimum atomic E-state index is -0.203. The molecule has 1 atom stereocenters. The van der Waals surface area contributed by atoms with Crippen molar-refractivity contribution in [1.29, 1.82) is 0 Å². The van der Waals surface area contributed by atoms with E-state index in [1.54, 1.807) is 17.4 Å². The highest BCUT2D eigenvalue weighted by Gasteiger charge is 2.26. The van der Waals surface area contributed by atoms with Gasteiger partial charge in [0.1, 0.15) is 11.9 Å². The number of aryl methyl sites for hydroxylation is 1. The number of thiophene rings is 1. The Bertz CT molecular complexity index is 671. The first-order chi connectivity index (χ1) is 10.6. The van der Waals surface area contributed by atoms with E-state index in [9.17, 15) is 4.79 Å². The number of nitrogens with zero attached hydrogens (tertiary/aromatic N) is 2. The number of ether oxygens (including phenoxy) is 1. The van der Waals surface area contributed by atoms with Crippen LogP contribution in [-0.2, 0) is 16.0 Å². The van der Waals surface area contributed by atoms with Crippen LogP contribution in [-0.4, -0.2) is 35.5 Å². The van der Waals surface area contributed by atoms with Crippen LogP contribution in [0.1, 0.15) is 21.6 Å². The van der Waals surface area contributed by atoms with E-state index in [0.717, 1.165) is 10.6 Å². The minimum Gasteiger partial charge on any atom is -0.384 e. The van der Waals surface area contributed by atoms with Gasteiger partial charge in [0.05, 0.1) is 25.3 Å². The molecule has 0 bridgehead atoms. The molecule has 5 nitrogen and oxygen atoms in total. The van der Waals surface area contributed by atoms with Crippen LogP contribution in [0.4, 0.5) is 5.82 Å². The average Bonchev–Trinajstić information content (AvgIpc) is 2.92. The molecule has 0 spiro atoms. The molecule has 1 aliphatic heterocycles. The van der Waals surface area contributed by atoms with Gasteiger partial charge in [-0.05, 0) is 31.2 Å². The van der Waals surface area contributed by atoms with Crippen molar-refractivity contribution in [3.05, 3.63) is 45.8 Å². The molecule has 2 N–H and O–H groups in total. The lowest BCUT2D eigenvalue weighted by atomic mass is 10.1. The van der Waals surface area contributed by atoms with Gasteiger partial charge in [-0.2, -0.15) is 0 Å². The van der Waals surface area contributed by atoms with Crippen LogP contribution in [0.25, 0.3) is 0 Å². The summed E-state index contributed by atoms with van der Waals surface area (Å²) < 4.78 is 5.74. The maximum absolute atomic E-state index is 12.5. The number of nitrogen functional groups attached to an aromatic ring is 1. The summed E-state index contributed by atoms with van der Waals surface area (Å²) in [6.45, 7) is 3.73. The van der Waals surface area contributed by atoms with Gasteiger partial charge in [0.15, 0.2) is 0 Å². The summed E-state index contributed by atoms with van der Waals surface area (Å²) in [5, 5.41) is 0. The van der Waals surface area contributed by atoms with Gasteiger partial charge in [-0.15, -0.1) is 11.3 Å². The molecular formula is C16H19N3O2S. The average molecular weight is 317 g/mol. The molecule has 0 saturated carbocycles. The van der Waals surface area contributed by atoms with E-state index in [1.165, 1.54) is 4.88 Å². The van der Waals surface area contributed by atoms with E-state index in [0.29, 0.717) is 31.9 Å². The summed E-state index contributed by atoms with van der Waals surface area (Å²) in [6.07, 6.45) is 0.251. The molecule has 1 aliphatic rings. The fourth-order valence-electron chi connectivity index (χ4n) is 2.54. The number of carbonyl (C=O) groups excluding carboxylic acids is 1. The molecule has 0 aliphatic carbocycles. The molecule has 2 aromatic rings. The third-order valence-electron chi connectivity index (χ3n) is 3.66. The predicted octanol–water partition coefficient (Wildman–Crippen LogP) is 2.18. The van der Waals surface area contributed by atoms with Gasteiger partial charge in [0.25, 0.3) is 0 Å². The van der Waals surface area contributed by atoms with Gasteiger partial charge < -0.3 is 15.4 Å². The second kappa shape index (κ2) is 6.46. The first-order valence-electron chi connectivity index (χ1n) is 7.29. The molecule has 22 heavy (non-hydrogen) atoms. The lowest BCUT2D eigenvalue weighted by Crippen LogP contribution is -2.43. The molecule has 0 radical (unpaired) electrons. The fraction of sp³-hybridized carbons (Fsp3) is 0.375. The Morgan fingerprint density at radius 2 is 2.32 bits per heavy atom. The Labute approximate surface area is 133 Å². The van der Waals surface area contributed by atoms with Crippen LogP contribution < -0.4 is 5.73 Å². The molecule has 3 rings (SSSR count). The molecule has 6 heteroatoms. The number of morpholine rings is 1. The van der Waals surface area contributed by atoms with Crippen molar-refractivity contribution in [3.63, 3.8) is 0 Å². The van der Waals surface area contributed by atoms with Gasteiger partial charge >= 0.3 is 0 Å². The van der Waals surface area contributed by atoms with E-state index >= 15 is 0 Å². The molecule has 0 unspecified atom stereocenters. The van der Waals surface area contributed by atoms with Crippen LogP contribution in [0, 0.1) is 6.92 Å². The molecule has 0 aromatic carbocycles. The second-order valence-electron chi connectivity index (χ2n) is 5.38. The lowest BCUT2D eigenvalue weighted by Gasteiger charge is -2.32. The van der Waals surface area contributed by atoms with Crippen LogP contribution in [0.3, 0.4) is 0 Å². The van der Waals surface area contributed by atoms with E-state index in [-0.39, 0.29) is 12.0 Å². The Morgan fingerprint density at radius 3 is 3.05 bits per heavy atom. The van der Waals surface area contributed by atoms with E-state index in [4.69, 9.17) is 10.5 Å². The second-order valence-corrected chi connectivity index (χ2v) is 6.75. The van der Waals surface area contributed by atoms with Crippen molar-refractivity contribution in [2.24, 2.45) is 0 Å². The van der Waals surface area contributed by atoms with Gasteiger partial charge in [-0.1, -0.05) is 6.07 Å². The maximum atomic E-state index is 12.5. The normalized spacial score (nSPS) is 18.4. The highest BCUT2D eigenvalue weighted by Crippen LogP contribution is 2.23. The highest BCUT2D eigenvalue weighted by atomic mass is 32.1.